The van der Waals surface area contributed by atoms with Gasteiger partial charge in [0.05, 0.1) is 25.1 Å². The smallest absolute Gasteiger partial charge is 0.253 e. The number of hydrogen-bond donors (Lipinski definition) is 0. The number of rotatable bonds is 3. The van der Waals surface area contributed by atoms with Crippen LogP contribution in [0.2, 0.25) is 0 Å². The number of hydrogen-bond acceptors (Lipinski definition) is 6. The van der Waals surface area contributed by atoms with E-state index in [-0.39, 0.29) is 11.3 Å². The van der Waals surface area contributed by atoms with Crippen LogP contribution >= 0.6 is 0 Å². The van der Waals surface area contributed by atoms with Gasteiger partial charge in [0.25, 0.3) is 5.91 Å². The molecule has 2 aromatic rings. The molecule has 30 heavy (non-hydrogen) atoms. The molecule has 0 unspecified atom stereocenters. The lowest BCUT2D eigenvalue weighted by Crippen LogP contribution is -2.49. The summed E-state index contributed by atoms with van der Waals surface area (Å²) in [5.41, 5.74) is 3.16. The molecule has 1 amide bonds. The van der Waals surface area contributed by atoms with Crippen LogP contribution in [0.15, 0.2) is 36.5 Å². The average molecular weight is 410 g/mol. The minimum atomic E-state index is 0.0873. The zero-order valence-corrected chi connectivity index (χ0v) is 18.2. The number of amides is 1. The summed E-state index contributed by atoms with van der Waals surface area (Å²) in [5, 5.41) is 8.54. The van der Waals surface area contributed by atoms with Crippen LogP contribution in [0, 0.1) is 0 Å². The first kappa shape index (κ1) is 20.6. The van der Waals surface area contributed by atoms with Crippen LogP contribution in [-0.4, -0.2) is 73.5 Å². The fourth-order valence-electron chi connectivity index (χ4n) is 3.93. The van der Waals surface area contributed by atoms with Crippen molar-refractivity contribution in [3.8, 4) is 0 Å². The van der Waals surface area contributed by atoms with Crippen LogP contribution in [0.3, 0.4) is 0 Å². The zero-order valence-electron chi connectivity index (χ0n) is 18.2. The Bertz CT molecular complexity index is 864. The fraction of sp³-hybridized carbons (Fsp3) is 0.522. The molecule has 160 valence electrons. The van der Waals surface area contributed by atoms with Crippen molar-refractivity contribution >= 4 is 17.4 Å². The van der Waals surface area contributed by atoms with E-state index in [0.29, 0.717) is 13.1 Å². The van der Waals surface area contributed by atoms with Crippen LogP contribution in [0.25, 0.3) is 0 Å². The third-order valence-corrected chi connectivity index (χ3v) is 5.89. The van der Waals surface area contributed by atoms with Gasteiger partial charge in [-0.1, -0.05) is 32.9 Å². The van der Waals surface area contributed by atoms with Gasteiger partial charge in [-0.25, -0.2) is 0 Å². The molecule has 0 spiro atoms. The number of aromatic nitrogens is 2. The average Bonchev–Trinajstić information content (AvgIpc) is 2.79. The molecule has 2 aliphatic rings. The number of anilines is 2. The maximum Gasteiger partial charge on any atom is 0.253 e. The number of piperazine rings is 1. The number of ether oxygens (including phenoxy) is 1. The van der Waals surface area contributed by atoms with Gasteiger partial charge in [0.15, 0.2) is 5.82 Å². The van der Waals surface area contributed by atoms with Crippen molar-refractivity contribution in [3.63, 3.8) is 0 Å². The molecular formula is C23H31N5O2. The first-order chi connectivity index (χ1) is 14.4. The molecule has 0 bridgehead atoms. The quantitative estimate of drug-likeness (QED) is 0.777. The first-order valence-electron chi connectivity index (χ1n) is 10.7. The Morgan fingerprint density at radius 3 is 2.23 bits per heavy atom. The Morgan fingerprint density at radius 1 is 0.933 bits per heavy atom. The molecular weight excluding hydrogens is 378 g/mol. The first-order valence-corrected chi connectivity index (χ1v) is 10.7. The third kappa shape index (κ3) is 4.56. The third-order valence-electron chi connectivity index (χ3n) is 5.89. The topological polar surface area (TPSA) is 61.8 Å². The fourth-order valence-corrected chi connectivity index (χ4v) is 3.93. The summed E-state index contributed by atoms with van der Waals surface area (Å²) in [6.07, 6.45) is 1.82. The van der Waals surface area contributed by atoms with Crippen molar-refractivity contribution < 1.29 is 9.53 Å². The summed E-state index contributed by atoms with van der Waals surface area (Å²) in [4.78, 5) is 19.4. The van der Waals surface area contributed by atoms with Crippen LogP contribution < -0.4 is 9.80 Å². The lowest BCUT2D eigenvalue weighted by atomic mass is 9.86. The summed E-state index contributed by atoms with van der Waals surface area (Å²) in [6.45, 7) is 12.7. The summed E-state index contributed by atoms with van der Waals surface area (Å²) in [5.74, 6) is 0.976. The molecule has 7 nitrogen and oxygen atoms in total. The van der Waals surface area contributed by atoms with Crippen molar-refractivity contribution in [3.05, 3.63) is 47.7 Å². The number of benzene rings is 1. The van der Waals surface area contributed by atoms with E-state index in [1.54, 1.807) is 0 Å². The lowest BCUT2D eigenvalue weighted by molar-refractivity contribution is 0.0746. The molecule has 2 aliphatic heterocycles. The van der Waals surface area contributed by atoms with E-state index in [0.717, 1.165) is 56.5 Å². The zero-order chi connectivity index (χ0) is 21.1. The maximum atomic E-state index is 12.9. The molecule has 0 radical (unpaired) electrons. The van der Waals surface area contributed by atoms with Crippen LogP contribution in [0.1, 0.15) is 36.7 Å². The minimum absolute atomic E-state index is 0.0873. The van der Waals surface area contributed by atoms with Gasteiger partial charge in [0.2, 0.25) is 0 Å². The standard InChI is InChI=1S/C23H31N5O2/c1-23(2,3)19-6-4-18(5-7-19)22(29)28-10-8-27(9-11-28)21-16-20(17-24-25-21)26-12-14-30-15-13-26/h4-7,16-17H,8-15H2,1-3H3. The molecule has 0 atom stereocenters. The van der Waals surface area contributed by atoms with Crippen molar-refractivity contribution in [2.24, 2.45) is 0 Å². The van der Waals surface area contributed by atoms with E-state index in [4.69, 9.17) is 4.74 Å². The van der Waals surface area contributed by atoms with E-state index in [1.165, 1.54) is 5.56 Å². The monoisotopic (exact) mass is 409 g/mol. The minimum Gasteiger partial charge on any atom is -0.378 e. The van der Waals surface area contributed by atoms with Crippen molar-refractivity contribution in [1.82, 2.24) is 15.1 Å². The summed E-state index contributed by atoms with van der Waals surface area (Å²) in [6, 6.07) is 10.1. The van der Waals surface area contributed by atoms with E-state index >= 15 is 0 Å². The normalized spacial score (nSPS) is 17.9. The van der Waals surface area contributed by atoms with Gasteiger partial charge < -0.3 is 19.4 Å². The van der Waals surface area contributed by atoms with Gasteiger partial charge in [-0.3, -0.25) is 4.79 Å². The molecule has 2 saturated heterocycles. The van der Waals surface area contributed by atoms with Gasteiger partial charge in [0, 0.05) is 50.9 Å². The molecule has 1 aromatic carbocycles. The number of nitrogens with zero attached hydrogens (tertiary/aromatic N) is 5. The summed E-state index contributed by atoms with van der Waals surface area (Å²) in [7, 11) is 0. The SMILES string of the molecule is CC(C)(C)c1ccc(C(=O)N2CCN(c3cc(N4CCOCC4)cnn3)CC2)cc1. The summed E-state index contributed by atoms with van der Waals surface area (Å²) >= 11 is 0. The van der Waals surface area contributed by atoms with E-state index in [1.807, 2.05) is 23.2 Å². The van der Waals surface area contributed by atoms with Gasteiger partial charge >= 0.3 is 0 Å². The molecule has 0 saturated carbocycles. The summed E-state index contributed by atoms with van der Waals surface area (Å²) < 4.78 is 5.44. The van der Waals surface area contributed by atoms with Gasteiger partial charge in [-0.2, -0.15) is 5.10 Å². The largest absolute Gasteiger partial charge is 0.378 e. The Labute approximate surface area is 178 Å². The highest BCUT2D eigenvalue weighted by Crippen LogP contribution is 2.24. The van der Waals surface area contributed by atoms with Gasteiger partial charge in [-0.15, -0.1) is 5.10 Å². The van der Waals surface area contributed by atoms with Crippen LogP contribution in [0.5, 0.6) is 0 Å². The second-order valence-electron chi connectivity index (χ2n) is 8.98. The van der Waals surface area contributed by atoms with Crippen LogP contribution in [0.4, 0.5) is 11.5 Å². The molecule has 3 heterocycles. The van der Waals surface area contributed by atoms with E-state index < -0.39 is 0 Å². The molecule has 2 fully saturated rings. The maximum absolute atomic E-state index is 12.9. The van der Waals surface area contributed by atoms with Crippen molar-refractivity contribution in [1.29, 1.82) is 0 Å². The highest BCUT2D eigenvalue weighted by Gasteiger charge is 2.24. The molecule has 4 rings (SSSR count). The van der Waals surface area contributed by atoms with Crippen LogP contribution in [-0.2, 0) is 10.2 Å². The van der Waals surface area contributed by atoms with E-state index in [9.17, 15) is 4.79 Å². The number of morpholine rings is 1. The second kappa shape index (κ2) is 8.60. The Morgan fingerprint density at radius 2 is 1.60 bits per heavy atom. The highest BCUT2D eigenvalue weighted by molar-refractivity contribution is 5.94. The number of carbonyl (C=O) groups is 1. The lowest BCUT2D eigenvalue weighted by Gasteiger charge is -2.36. The Hall–Kier alpha value is -2.67. The molecule has 0 N–H and O–H groups in total. The molecule has 0 aliphatic carbocycles. The second-order valence-corrected chi connectivity index (χ2v) is 8.98. The highest BCUT2D eigenvalue weighted by atomic mass is 16.5. The van der Waals surface area contributed by atoms with E-state index in [2.05, 4.69) is 59.0 Å². The van der Waals surface area contributed by atoms with Gasteiger partial charge in [0.1, 0.15) is 0 Å². The molecule has 7 heteroatoms. The van der Waals surface area contributed by atoms with Crippen molar-refractivity contribution in [2.45, 2.75) is 26.2 Å². The predicted molar refractivity (Wildman–Crippen MR) is 118 cm³/mol. The predicted octanol–water partition coefficient (Wildman–Crippen LogP) is 2.57. The van der Waals surface area contributed by atoms with Crippen molar-refractivity contribution in [2.75, 3.05) is 62.3 Å². The molecule has 1 aromatic heterocycles. The Balaban J connectivity index is 1.37. The number of carbonyl (C=O) groups excluding carboxylic acids is 1. The Kier molecular flexibility index (Phi) is 5.90. The van der Waals surface area contributed by atoms with Gasteiger partial charge in [-0.05, 0) is 23.1 Å².